The Morgan fingerprint density at radius 2 is 1.81 bits per heavy atom. The van der Waals surface area contributed by atoms with E-state index >= 15 is 0 Å². The molecule has 0 aliphatic carbocycles. The van der Waals surface area contributed by atoms with Gasteiger partial charge in [0.2, 0.25) is 10.0 Å². The number of benzene rings is 1. The second kappa shape index (κ2) is 8.89. The van der Waals surface area contributed by atoms with Gasteiger partial charge in [-0.1, -0.05) is 39.0 Å². The smallest absolute Gasteiger partial charge is 0.240 e. The monoisotopic (exact) mass is 314 g/mol. The zero-order chi connectivity index (χ0) is 15.7. The van der Waals surface area contributed by atoms with Gasteiger partial charge in [0, 0.05) is 0 Å². The highest BCUT2D eigenvalue weighted by Gasteiger charge is 2.13. The van der Waals surface area contributed by atoms with Gasteiger partial charge in [0.05, 0.1) is 17.2 Å². The van der Waals surface area contributed by atoms with Crippen LogP contribution >= 0.6 is 0 Å². The number of hydrogen-bond acceptors (Lipinski definition) is 4. The largest absolute Gasteiger partial charge is 0.491 e. The van der Waals surface area contributed by atoms with Gasteiger partial charge in [-0.05, 0) is 31.7 Å². The van der Waals surface area contributed by atoms with E-state index in [-0.39, 0.29) is 4.90 Å². The molecule has 1 aromatic carbocycles. The average Bonchev–Trinajstić information content (AvgIpc) is 2.47. The van der Waals surface area contributed by atoms with E-state index in [4.69, 9.17) is 10.5 Å². The molecule has 0 radical (unpaired) electrons. The van der Waals surface area contributed by atoms with Crippen LogP contribution in [0, 0.1) is 0 Å². The summed E-state index contributed by atoms with van der Waals surface area (Å²) < 4.78 is 31.1. The molecule has 0 aliphatic rings. The van der Waals surface area contributed by atoms with Gasteiger partial charge < -0.3 is 10.5 Å². The topological polar surface area (TPSA) is 81.4 Å². The number of rotatable bonds is 10. The number of ether oxygens (including phenoxy) is 1. The molecule has 3 N–H and O–H groups in total. The van der Waals surface area contributed by atoms with E-state index in [1.54, 1.807) is 6.07 Å². The maximum Gasteiger partial charge on any atom is 0.240 e. The Bertz CT molecular complexity index is 530. The van der Waals surface area contributed by atoms with Crippen molar-refractivity contribution in [3.63, 3.8) is 0 Å². The zero-order valence-electron chi connectivity index (χ0n) is 12.9. The number of nitrogens with two attached hydrogens (primary N) is 1. The van der Waals surface area contributed by atoms with E-state index < -0.39 is 10.0 Å². The molecule has 0 bridgehead atoms. The Morgan fingerprint density at radius 3 is 2.43 bits per heavy atom. The Balaban J connectivity index is 2.43. The molecule has 1 rings (SSSR count). The molecule has 6 heteroatoms. The Morgan fingerprint density at radius 1 is 1.14 bits per heavy atom. The number of unbranched alkanes of at least 4 members (excludes halogenated alkanes) is 5. The third-order valence-electron chi connectivity index (χ3n) is 3.32. The molecular weight excluding hydrogens is 288 g/mol. The quantitative estimate of drug-likeness (QED) is 0.514. The van der Waals surface area contributed by atoms with Crippen molar-refractivity contribution in [1.29, 1.82) is 0 Å². The van der Waals surface area contributed by atoms with Crippen LogP contribution < -0.4 is 15.2 Å². The van der Waals surface area contributed by atoms with Crippen molar-refractivity contribution in [2.45, 2.75) is 50.3 Å². The van der Waals surface area contributed by atoms with Crippen LogP contribution in [0.3, 0.4) is 0 Å². The molecule has 5 nitrogen and oxygen atoms in total. The summed E-state index contributed by atoms with van der Waals surface area (Å²) in [5, 5.41) is 0. The lowest BCUT2D eigenvalue weighted by molar-refractivity contribution is 0.306. The van der Waals surface area contributed by atoms with E-state index in [9.17, 15) is 8.42 Å². The van der Waals surface area contributed by atoms with E-state index in [1.165, 1.54) is 44.9 Å². The van der Waals surface area contributed by atoms with Crippen molar-refractivity contribution in [2.24, 2.45) is 0 Å². The van der Waals surface area contributed by atoms with Gasteiger partial charge in [-0.25, -0.2) is 13.1 Å². The van der Waals surface area contributed by atoms with Crippen LogP contribution in [-0.4, -0.2) is 22.1 Å². The fraction of sp³-hybridized carbons (Fsp3) is 0.600. The fourth-order valence-corrected chi connectivity index (χ4v) is 2.77. The maximum absolute atomic E-state index is 11.6. The van der Waals surface area contributed by atoms with Crippen LogP contribution in [-0.2, 0) is 10.0 Å². The maximum atomic E-state index is 11.6. The lowest BCUT2D eigenvalue weighted by Gasteiger charge is -2.10. The Labute approximate surface area is 127 Å². The number of hydrogen-bond donors (Lipinski definition) is 2. The van der Waals surface area contributed by atoms with E-state index in [2.05, 4.69) is 11.6 Å². The van der Waals surface area contributed by atoms with Gasteiger partial charge in [0.25, 0.3) is 0 Å². The van der Waals surface area contributed by atoms with Crippen LogP contribution in [0.4, 0.5) is 5.69 Å². The molecule has 0 aromatic heterocycles. The van der Waals surface area contributed by atoms with E-state index in [0.29, 0.717) is 18.0 Å². The summed E-state index contributed by atoms with van der Waals surface area (Å²) in [6, 6.07) is 4.53. The first-order chi connectivity index (χ1) is 10.0. The molecule has 0 atom stereocenters. The van der Waals surface area contributed by atoms with Crippen molar-refractivity contribution < 1.29 is 13.2 Å². The van der Waals surface area contributed by atoms with Gasteiger partial charge in [0.15, 0.2) is 0 Å². The third kappa shape index (κ3) is 5.93. The summed E-state index contributed by atoms with van der Waals surface area (Å²) >= 11 is 0. The van der Waals surface area contributed by atoms with E-state index in [0.717, 1.165) is 12.8 Å². The number of anilines is 1. The predicted octanol–water partition coefficient (Wildman–Crippen LogP) is 2.92. The Hall–Kier alpha value is -1.27. The summed E-state index contributed by atoms with van der Waals surface area (Å²) in [6.45, 7) is 2.80. The standard InChI is InChI=1S/C15H26N2O3S/c1-3-4-5-6-7-8-11-20-15-10-9-13(12-14(15)16)21(18,19)17-2/h9-10,12,17H,3-8,11,16H2,1-2H3. The highest BCUT2D eigenvalue weighted by atomic mass is 32.2. The summed E-state index contributed by atoms with van der Waals surface area (Å²) in [5.74, 6) is 0.540. The van der Waals surface area contributed by atoms with E-state index in [1.807, 2.05) is 0 Å². The molecule has 1 aromatic rings. The Kier molecular flexibility index (Phi) is 7.53. The highest BCUT2D eigenvalue weighted by molar-refractivity contribution is 7.89. The molecule has 0 spiro atoms. The molecule has 0 amide bonds. The average molecular weight is 314 g/mol. The minimum absolute atomic E-state index is 0.148. The highest BCUT2D eigenvalue weighted by Crippen LogP contribution is 2.25. The number of nitrogen functional groups attached to an aromatic ring is 1. The van der Waals surface area contributed by atoms with Crippen LogP contribution in [0.15, 0.2) is 23.1 Å². The summed E-state index contributed by atoms with van der Waals surface area (Å²) in [4.78, 5) is 0.148. The molecule has 0 saturated carbocycles. The third-order valence-corrected chi connectivity index (χ3v) is 4.73. The molecule has 0 heterocycles. The summed E-state index contributed by atoms with van der Waals surface area (Å²) in [7, 11) is -2.09. The lowest BCUT2D eigenvalue weighted by atomic mass is 10.1. The molecule has 0 saturated heterocycles. The van der Waals surface area contributed by atoms with Crippen LogP contribution in [0.1, 0.15) is 45.4 Å². The summed E-state index contributed by atoms with van der Waals surface area (Å²) in [6.07, 6.45) is 7.16. The van der Waals surface area contributed by atoms with Crippen molar-refractivity contribution in [2.75, 3.05) is 19.4 Å². The van der Waals surface area contributed by atoms with Gasteiger partial charge >= 0.3 is 0 Å². The molecule has 0 aliphatic heterocycles. The second-order valence-electron chi connectivity index (χ2n) is 5.02. The minimum atomic E-state index is -3.46. The molecule has 0 fully saturated rings. The normalized spacial score (nSPS) is 11.5. The van der Waals surface area contributed by atoms with Gasteiger partial charge in [-0.2, -0.15) is 0 Å². The second-order valence-corrected chi connectivity index (χ2v) is 6.91. The molecule has 21 heavy (non-hydrogen) atoms. The molecule has 0 unspecified atom stereocenters. The van der Waals surface area contributed by atoms with Gasteiger partial charge in [-0.15, -0.1) is 0 Å². The first-order valence-electron chi connectivity index (χ1n) is 7.47. The van der Waals surface area contributed by atoms with Crippen molar-refractivity contribution in [1.82, 2.24) is 4.72 Å². The number of sulfonamides is 1. The zero-order valence-corrected chi connectivity index (χ0v) is 13.7. The molecule has 120 valence electrons. The number of nitrogens with one attached hydrogen (secondary N) is 1. The fourth-order valence-electron chi connectivity index (χ4n) is 2.01. The van der Waals surface area contributed by atoms with Crippen molar-refractivity contribution in [3.05, 3.63) is 18.2 Å². The van der Waals surface area contributed by atoms with Crippen molar-refractivity contribution in [3.8, 4) is 5.75 Å². The SMILES string of the molecule is CCCCCCCCOc1ccc(S(=O)(=O)NC)cc1N. The van der Waals surface area contributed by atoms with Gasteiger partial charge in [-0.3, -0.25) is 0 Å². The summed E-state index contributed by atoms with van der Waals surface area (Å²) in [5.41, 5.74) is 6.18. The first kappa shape index (κ1) is 17.8. The van der Waals surface area contributed by atoms with Crippen LogP contribution in [0.5, 0.6) is 5.75 Å². The van der Waals surface area contributed by atoms with Gasteiger partial charge in [0.1, 0.15) is 5.75 Å². The lowest BCUT2D eigenvalue weighted by Crippen LogP contribution is -2.18. The first-order valence-corrected chi connectivity index (χ1v) is 8.95. The molecular formula is C15H26N2O3S. The van der Waals surface area contributed by atoms with Crippen LogP contribution in [0.2, 0.25) is 0 Å². The van der Waals surface area contributed by atoms with Crippen LogP contribution in [0.25, 0.3) is 0 Å². The minimum Gasteiger partial charge on any atom is -0.491 e. The van der Waals surface area contributed by atoms with Crippen molar-refractivity contribution >= 4 is 15.7 Å². The predicted molar refractivity (Wildman–Crippen MR) is 86.0 cm³/mol.